The monoisotopic (exact) mass is 573 g/mol. The van der Waals surface area contributed by atoms with E-state index in [1.165, 1.54) is 19.4 Å². The van der Waals surface area contributed by atoms with E-state index < -0.39 is 11.8 Å². The van der Waals surface area contributed by atoms with Gasteiger partial charge < -0.3 is 19.5 Å². The van der Waals surface area contributed by atoms with Gasteiger partial charge in [-0.15, -0.1) is 0 Å². The first-order chi connectivity index (χ1) is 17.3. The first kappa shape index (κ1) is 27.0. The predicted octanol–water partition coefficient (Wildman–Crippen LogP) is 5.49. The van der Waals surface area contributed by atoms with Crippen molar-refractivity contribution >= 4 is 51.2 Å². The van der Waals surface area contributed by atoms with E-state index >= 15 is 0 Å². The Kier molecular flexibility index (Phi) is 9.72. The van der Waals surface area contributed by atoms with Gasteiger partial charge in [-0.3, -0.25) is 9.59 Å². The van der Waals surface area contributed by atoms with Crippen molar-refractivity contribution in [2.45, 2.75) is 20.5 Å². The molecule has 0 spiro atoms. The standard InChI is InChI=1S/C26H25BrClN3O5/c1-4-35-23-12-17(11-20(27)24(23)36-15-18-8-6-5-7-16(18)2)14-29-31-26(33)25(32)30-21-13-19(28)9-10-22(21)34-3/h5-14H,4,15H2,1-3H3,(H,30,32)(H,31,33)/b29-14+. The van der Waals surface area contributed by atoms with Crippen molar-refractivity contribution in [3.8, 4) is 17.2 Å². The maximum Gasteiger partial charge on any atom is 0.329 e. The van der Waals surface area contributed by atoms with Crippen molar-refractivity contribution in [1.82, 2.24) is 5.43 Å². The maximum absolute atomic E-state index is 12.2. The molecule has 0 aliphatic heterocycles. The van der Waals surface area contributed by atoms with Crippen LogP contribution >= 0.6 is 27.5 Å². The summed E-state index contributed by atoms with van der Waals surface area (Å²) in [5.41, 5.74) is 5.27. The van der Waals surface area contributed by atoms with Crippen LogP contribution in [0, 0.1) is 6.92 Å². The fourth-order valence-electron chi connectivity index (χ4n) is 3.16. The molecule has 0 fully saturated rings. The largest absolute Gasteiger partial charge is 0.495 e. The van der Waals surface area contributed by atoms with Crippen LogP contribution < -0.4 is 25.0 Å². The molecule has 0 atom stereocenters. The molecule has 188 valence electrons. The smallest absolute Gasteiger partial charge is 0.329 e. The highest BCUT2D eigenvalue weighted by molar-refractivity contribution is 9.10. The molecule has 10 heteroatoms. The maximum atomic E-state index is 12.2. The molecular weight excluding hydrogens is 550 g/mol. The fraction of sp³-hybridized carbons (Fsp3) is 0.192. The average molecular weight is 575 g/mol. The third-order valence-corrected chi connectivity index (χ3v) is 5.78. The number of benzene rings is 3. The van der Waals surface area contributed by atoms with Gasteiger partial charge >= 0.3 is 11.8 Å². The lowest BCUT2D eigenvalue weighted by molar-refractivity contribution is -0.136. The van der Waals surface area contributed by atoms with Crippen LogP contribution in [-0.2, 0) is 16.2 Å². The number of carbonyl (C=O) groups is 2. The second-order valence-electron chi connectivity index (χ2n) is 7.48. The normalized spacial score (nSPS) is 10.7. The van der Waals surface area contributed by atoms with Crippen LogP contribution in [0.2, 0.25) is 5.02 Å². The summed E-state index contributed by atoms with van der Waals surface area (Å²) in [6.45, 7) is 4.70. The first-order valence-corrected chi connectivity index (χ1v) is 12.1. The number of nitrogens with one attached hydrogen (secondary N) is 2. The minimum absolute atomic E-state index is 0.265. The Morgan fingerprint density at radius 1 is 1.06 bits per heavy atom. The third kappa shape index (κ3) is 7.22. The number of methoxy groups -OCH3 is 1. The highest BCUT2D eigenvalue weighted by atomic mass is 79.9. The summed E-state index contributed by atoms with van der Waals surface area (Å²) >= 11 is 9.47. The highest BCUT2D eigenvalue weighted by Gasteiger charge is 2.16. The number of halogens is 2. The number of rotatable bonds is 9. The van der Waals surface area contributed by atoms with Gasteiger partial charge in [0, 0.05) is 5.02 Å². The van der Waals surface area contributed by atoms with Gasteiger partial charge in [0.1, 0.15) is 12.4 Å². The zero-order chi connectivity index (χ0) is 26.1. The number of hydrogen-bond donors (Lipinski definition) is 2. The molecule has 0 aliphatic rings. The van der Waals surface area contributed by atoms with E-state index in [2.05, 4.69) is 31.8 Å². The summed E-state index contributed by atoms with van der Waals surface area (Å²) in [5, 5.41) is 6.71. The van der Waals surface area contributed by atoms with E-state index in [4.69, 9.17) is 25.8 Å². The lowest BCUT2D eigenvalue weighted by atomic mass is 10.1. The third-order valence-electron chi connectivity index (χ3n) is 4.96. The van der Waals surface area contributed by atoms with Crippen LogP contribution in [0.25, 0.3) is 0 Å². The lowest BCUT2D eigenvalue weighted by Gasteiger charge is -2.15. The Labute approximate surface area is 222 Å². The zero-order valence-electron chi connectivity index (χ0n) is 19.9. The molecule has 0 radical (unpaired) electrons. The van der Waals surface area contributed by atoms with E-state index in [1.54, 1.807) is 24.3 Å². The first-order valence-electron chi connectivity index (χ1n) is 10.9. The molecule has 2 N–H and O–H groups in total. The van der Waals surface area contributed by atoms with E-state index in [9.17, 15) is 9.59 Å². The van der Waals surface area contributed by atoms with Gasteiger partial charge in [0.2, 0.25) is 0 Å². The Balaban J connectivity index is 1.67. The summed E-state index contributed by atoms with van der Waals surface area (Å²) in [6.07, 6.45) is 1.39. The number of nitrogens with zero attached hydrogens (tertiary/aromatic N) is 1. The lowest BCUT2D eigenvalue weighted by Crippen LogP contribution is -2.32. The van der Waals surface area contributed by atoms with Gasteiger partial charge in [0.25, 0.3) is 0 Å². The van der Waals surface area contributed by atoms with Crippen LogP contribution in [0.3, 0.4) is 0 Å². The molecule has 0 bridgehead atoms. The number of aryl methyl sites for hydroxylation is 1. The summed E-state index contributed by atoms with van der Waals surface area (Å²) in [4.78, 5) is 24.4. The van der Waals surface area contributed by atoms with E-state index in [1.807, 2.05) is 38.1 Å². The van der Waals surface area contributed by atoms with E-state index in [-0.39, 0.29) is 5.69 Å². The minimum atomic E-state index is -0.962. The Morgan fingerprint density at radius 2 is 1.83 bits per heavy atom. The summed E-state index contributed by atoms with van der Waals surface area (Å²) in [6, 6.07) is 16.1. The van der Waals surface area contributed by atoms with Crippen molar-refractivity contribution in [2.24, 2.45) is 5.10 Å². The van der Waals surface area contributed by atoms with E-state index in [0.29, 0.717) is 45.5 Å². The molecular formula is C26H25BrClN3O5. The molecule has 0 saturated heterocycles. The van der Waals surface area contributed by atoms with Gasteiger partial charge in [-0.25, -0.2) is 5.43 Å². The quantitative estimate of drug-likeness (QED) is 0.200. The number of carbonyl (C=O) groups excluding carboxylic acids is 2. The second-order valence-corrected chi connectivity index (χ2v) is 8.77. The zero-order valence-corrected chi connectivity index (χ0v) is 22.3. The molecule has 3 aromatic carbocycles. The highest BCUT2D eigenvalue weighted by Crippen LogP contribution is 2.37. The summed E-state index contributed by atoms with van der Waals surface area (Å²) in [5.74, 6) is -0.461. The Bertz CT molecular complexity index is 1280. The molecule has 3 rings (SSSR count). The summed E-state index contributed by atoms with van der Waals surface area (Å²) < 4.78 is 17.6. The Hall–Kier alpha value is -3.56. The molecule has 0 aromatic heterocycles. The SMILES string of the molecule is CCOc1cc(/C=N/NC(=O)C(=O)Nc2cc(Cl)ccc2OC)cc(Br)c1OCc1ccccc1C. The molecule has 2 amide bonds. The van der Waals surface area contributed by atoms with Crippen molar-refractivity contribution in [2.75, 3.05) is 19.0 Å². The average Bonchev–Trinajstić information content (AvgIpc) is 2.85. The van der Waals surface area contributed by atoms with Crippen molar-refractivity contribution in [1.29, 1.82) is 0 Å². The van der Waals surface area contributed by atoms with Crippen LogP contribution in [0.1, 0.15) is 23.6 Å². The number of hydrazone groups is 1. The van der Waals surface area contributed by atoms with Crippen molar-refractivity contribution in [3.63, 3.8) is 0 Å². The number of anilines is 1. The van der Waals surface area contributed by atoms with Gasteiger partial charge in [0.15, 0.2) is 11.5 Å². The van der Waals surface area contributed by atoms with Crippen LogP contribution in [0.15, 0.2) is 64.2 Å². The fourth-order valence-corrected chi connectivity index (χ4v) is 3.91. The number of amides is 2. The van der Waals surface area contributed by atoms with Gasteiger partial charge in [-0.1, -0.05) is 35.9 Å². The topological polar surface area (TPSA) is 98.2 Å². The van der Waals surface area contributed by atoms with Crippen LogP contribution in [0.5, 0.6) is 17.2 Å². The minimum Gasteiger partial charge on any atom is -0.495 e. The molecule has 36 heavy (non-hydrogen) atoms. The van der Waals surface area contributed by atoms with Gasteiger partial charge in [0.05, 0.1) is 30.1 Å². The van der Waals surface area contributed by atoms with Gasteiger partial charge in [-0.05, 0) is 76.8 Å². The molecule has 0 aliphatic carbocycles. The predicted molar refractivity (Wildman–Crippen MR) is 143 cm³/mol. The van der Waals surface area contributed by atoms with Crippen LogP contribution in [-0.4, -0.2) is 31.7 Å². The van der Waals surface area contributed by atoms with Gasteiger partial charge in [-0.2, -0.15) is 5.10 Å². The van der Waals surface area contributed by atoms with Crippen molar-refractivity contribution in [3.05, 3.63) is 80.8 Å². The Morgan fingerprint density at radius 3 is 2.56 bits per heavy atom. The number of hydrogen-bond acceptors (Lipinski definition) is 6. The molecule has 8 nitrogen and oxygen atoms in total. The van der Waals surface area contributed by atoms with Crippen molar-refractivity contribution < 1.29 is 23.8 Å². The molecule has 0 unspecified atom stereocenters. The molecule has 3 aromatic rings. The van der Waals surface area contributed by atoms with Crippen LogP contribution in [0.4, 0.5) is 5.69 Å². The molecule has 0 heterocycles. The summed E-state index contributed by atoms with van der Waals surface area (Å²) in [7, 11) is 1.44. The molecule has 0 saturated carbocycles. The second kappa shape index (κ2) is 12.9. The van der Waals surface area contributed by atoms with E-state index in [0.717, 1.165) is 11.1 Å². The number of ether oxygens (including phenoxy) is 3.